The SMILES string of the molecule is c1ccc(N(c2ccc3c(c2)oc2c(-c4ccc5c6ccccc6n(-c6ccccc6)c5c4)cc4ccccc4c23)c2ccc3oc4ccccc4c3c2)cc1. The second kappa shape index (κ2) is 12.0. The van der Waals surface area contributed by atoms with Crippen molar-refractivity contribution >= 4 is 93.5 Å². The zero-order valence-corrected chi connectivity index (χ0v) is 30.2. The van der Waals surface area contributed by atoms with Gasteiger partial charge in [0.25, 0.3) is 0 Å². The van der Waals surface area contributed by atoms with Crippen molar-refractivity contribution in [2.24, 2.45) is 0 Å². The number of hydrogen-bond acceptors (Lipinski definition) is 3. The van der Waals surface area contributed by atoms with Crippen LogP contribution < -0.4 is 4.90 Å². The zero-order chi connectivity index (χ0) is 36.7. The lowest BCUT2D eigenvalue weighted by Crippen LogP contribution is -2.09. The first kappa shape index (κ1) is 30.9. The lowest BCUT2D eigenvalue weighted by molar-refractivity contribution is 0.668. The van der Waals surface area contributed by atoms with Gasteiger partial charge < -0.3 is 18.3 Å². The highest BCUT2D eigenvalue weighted by atomic mass is 16.3. The molecule has 0 fully saturated rings. The fourth-order valence-corrected chi connectivity index (χ4v) is 8.84. The molecule has 0 bridgehead atoms. The van der Waals surface area contributed by atoms with Crippen LogP contribution in [0.1, 0.15) is 0 Å². The van der Waals surface area contributed by atoms with Gasteiger partial charge in [0, 0.05) is 66.7 Å². The normalized spacial score (nSPS) is 11.9. The Balaban J connectivity index is 1.08. The number of anilines is 3. The Morgan fingerprint density at radius 1 is 0.375 bits per heavy atom. The van der Waals surface area contributed by atoms with Crippen molar-refractivity contribution in [1.29, 1.82) is 0 Å². The van der Waals surface area contributed by atoms with E-state index >= 15 is 0 Å². The monoisotopic (exact) mass is 716 g/mol. The molecule has 12 aromatic rings. The van der Waals surface area contributed by atoms with Crippen molar-refractivity contribution in [2.75, 3.05) is 4.90 Å². The highest BCUT2D eigenvalue weighted by molar-refractivity contribution is 6.23. The number of rotatable bonds is 5. The van der Waals surface area contributed by atoms with Gasteiger partial charge in [0.2, 0.25) is 0 Å². The summed E-state index contributed by atoms with van der Waals surface area (Å²) in [6.45, 7) is 0. The lowest BCUT2D eigenvalue weighted by atomic mass is 9.95. The topological polar surface area (TPSA) is 34.5 Å². The Labute approximate surface area is 321 Å². The molecule has 0 radical (unpaired) electrons. The summed E-state index contributed by atoms with van der Waals surface area (Å²) in [6, 6.07) is 68.9. The van der Waals surface area contributed by atoms with E-state index < -0.39 is 0 Å². The molecule has 262 valence electrons. The van der Waals surface area contributed by atoms with Crippen molar-refractivity contribution in [3.8, 4) is 16.8 Å². The molecule has 0 saturated carbocycles. The summed E-state index contributed by atoms with van der Waals surface area (Å²) in [5, 5.41) is 9.22. The predicted molar refractivity (Wildman–Crippen MR) is 233 cm³/mol. The maximum atomic E-state index is 7.06. The molecule has 3 aromatic heterocycles. The first-order chi connectivity index (χ1) is 27.8. The smallest absolute Gasteiger partial charge is 0.143 e. The molecule has 0 spiro atoms. The fraction of sp³-hybridized carbons (Fsp3) is 0. The molecule has 0 amide bonds. The minimum atomic E-state index is 0.838. The molecular weight excluding hydrogens is 685 g/mol. The third-order valence-corrected chi connectivity index (χ3v) is 11.3. The van der Waals surface area contributed by atoms with Crippen molar-refractivity contribution in [1.82, 2.24) is 4.57 Å². The number of nitrogens with zero attached hydrogens (tertiary/aromatic N) is 2. The van der Waals surface area contributed by atoms with E-state index in [1.807, 2.05) is 12.1 Å². The Bertz CT molecular complexity index is 3480. The number of aromatic nitrogens is 1. The van der Waals surface area contributed by atoms with Crippen molar-refractivity contribution in [3.63, 3.8) is 0 Å². The van der Waals surface area contributed by atoms with Gasteiger partial charge in [-0.25, -0.2) is 0 Å². The Morgan fingerprint density at radius 3 is 1.91 bits per heavy atom. The van der Waals surface area contributed by atoms with E-state index in [1.54, 1.807) is 0 Å². The maximum absolute atomic E-state index is 7.06. The van der Waals surface area contributed by atoms with Crippen molar-refractivity contribution in [2.45, 2.75) is 0 Å². The molecule has 9 aromatic carbocycles. The summed E-state index contributed by atoms with van der Waals surface area (Å²) in [6.07, 6.45) is 0. The molecule has 0 N–H and O–H groups in total. The molecule has 0 aliphatic carbocycles. The molecule has 0 saturated heterocycles. The summed E-state index contributed by atoms with van der Waals surface area (Å²) < 4.78 is 15.6. The third-order valence-electron chi connectivity index (χ3n) is 11.3. The number of hydrogen-bond donors (Lipinski definition) is 0. The van der Waals surface area contributed by atoms with Crippen molar-refractivity contribution in [3.05, 3.63) is 194 Å². The van der Waals surface area contributed by atoms with Gasteiger partial charge in [-0.3, -0.25) is 0 Å². The molecule has 0 aliphatic heterocycles. The lowest BCUT2D eigenvalue weighted by Gasteiger charge is -2.25. The maximum Gasteiger partial charge on any atom is 0.143 e. The van der Waals surface area contributed by atoms with Crippen LogP contribution >= 0.6 is 0 Å². The van der Waals surface area contributed by atoms with Gasteiger partial charge in [-0.1, -0.05) is 109 Å². The standard InChI is InChI=1S/C52H32N2O2/c1-3-14-35(15-4-1)53(37-25-28-49-45(31-37)42-20-10-12-22-48(42)55-49)38-24-27-43-50(32-38)56-52-44(29-33-13-7-8-18-39(33)51(43)52)34-23-26-41-40-19-9-11-21-46(40)54(47(41)30-34)36-16-5-2-6-17-36/h1-32H. The van der Waals surface area contributed by atoms with E-state index in [2.05, 4.69) is 191 Å². The molecule has 4 heteroatoms. The molecular formula is C52H32N2O2. The van der Waals surface area contributed by atoms with Gasteiger partial charge >= 0.3 is 0 Å². The molecule has 0 unspecified atom stereocenters. The van der Waals surface area contributed by atoms with Gasteiger partial charge in [0.15, 0.2) is 0 Å². The number of furan rings is 2. The zero-order valence-electron chi connectivity index (χ0n) is 30.2. The quantitative estimate of drug-likeness (QED) is 0.178. The van der Waals surface area contributed by atoms with Crippen LogP contribution in [0.15, 0.2) is 203 Å². The van der Waals surface area contributed by atoms with Crippen LogP contribution in [0, 0.1) is 0 Å². The predicted octanol–water partition coefficient (Wildman–Crippen LogP) is 14.9. The Morgan fingerprint density at radius 2 is 1.04 bits per heavy atom. The van der Waals surface area contributed by atoms with E-state index in [0.717, 1.165) is 83.3 Å². The molecule has 12 rings (SSSR count). The molecule has 56 heavy (non-hydrogen) atoms. The average molecular weight is 717 g/mol. The molecule has 3 heterocycles. The van der Waals surface area contributed by atoms with Crippen LogP contribution in [-0.4, -0.2) is 4.57 Å². The molecule has 0 aliphatic rings. The second-order valence-corrected chi connectivity index (χ2v) is 14.5. The number of para-hydroxylation sites is 4. The van der Waals surface area contributed by atoms with Crippen molar-refractivity contribution < 1.29 is 8.83 Å². The van der Waals surface area contributed by atoms with Gasteiger partial charge in [0.05, 0.1) is 11.0 Å². The fourth-order valence-electron chi connectivity index (χ4n) is 8.84. The van der Waals surface area contributed by atoms with E-state index in [-0.39, 0.29) is 0 Å². The summed E-state index contributed by atoms with van der Waals surface area (Å²) in [5.41, 5.74) is 12.3. The van der Waals surface area contributed by atoms with Crippen LogP contribution in [0.2, 0.25) is 0 Å². The average Bonchev–Trinajstić information content (AvgIpc) is 3.93. The first-order valence-corrected chi connectivity index (χ1v) is 19.0. The van der Waals surface area contributed by atoms with E-state index in [9.17, 15) is 0 Å². The molecule has 0 atom stereocenters. The van der Waals surface area contributed by atoms with Gasteiger partial charge in [0.1, 0.15) is 22.3 Å². The third kappa shape index (κ3) is 4.60. The van der Waals surface area contributed by atoms with Gasteiger partial charge in [-0.2, -0.15) is 0 Å². The number of fused-ring (bicyclic) bond motifs is 11. The Kier molecular flexibility index (Phi) is 6.60. The van der Waals surface area contributed by atoms with Gasteiger partial charge in [-0.15, -0.1) is 0 Å². The summed E-state index contributed by atoms with van der Waals surface area (Å²) in [4.78, 5) is 2.29. The minimum Gasteiger partial charge on any atom is -0.456 e. The summed E-state index contributed by atoms with van der Waals surface area (Å²) in [7, 11) is 0. The molecule has 4 nitrogen and oxygen atoms in total. The van der Waals surface area contributed by atoms with Crippen LogP contribution in [-0.2, 0) is 0 Å². The van der Waals surface area contributed by atoms with E-state index in [1.165, 1.54) is 27.1 Å². The first-order valence-electron chi connectivity index (χ1n) is 19.0. The number of benzene rings is 9. The minimum absolute atomic E-state index is 0.838. The second-order valence-electron chi connectivity index (χ2n) is 14.5. The van der Waals surface area contributed by atoms with Gasteiger partial charge in [-0.05, 0) is 95.2 Å². The van der Waals surface area contributed by atoms with Crippen LogP contribution in [0.5, 0.6) is 0 Å². The van der Waals surface area contributed by atoms with Crippen LogP contribution in [0.3, 0.4) is 0 Å². The van der Waals surface area contributed by atoms with Crippen LogP contribution in [0.25, 0.3) is 93.3 Å². The summed E-state index contributed by atoms with van der Waals surface area (Å²) in [5.74, 6) is 0. The summed E-state index contributed by atoms with van der Waals surface area (Å²) >= 11 is 0. The largest absolute Gasteiger partial charge is 0.456 e. The highest BCUT2D eigenvalue weighted by Crippen LogP contribution is 2.45. The van der Waals surface area contributed by atoms with E-state index in [0.29, 0.717) is 0 Å². The van der Waals surface area contributed by atoms with Crippen LogP contribution in [0.4, 0.5) is 17.1 Å². The van der Waals surface area contributed by atoms with E-state index in [4.69, 9.17) is 8.83 Å². The highest BCUT2D eigenvalue weighted by Gasteiger charge is 2.21. The Hall–Kier alpha value is -7.56.